The van der Waals surface area contributed by atoms with Crippen LogP contribution in [0.4, 0.5) is 5.82 Å². The van der Waals surface area contributed by atoms with Crippen LogP contribution in [0.1, 0.15) is 38.5 Å². The first kappa shape index (κ1) is 18.5. The Morgan fingerprint density at radius 1 is 1.07 bits per heavy atom. The Morgan fingerprint density at radius 2 is 1.85 bits per heavy atom. The monoisotopic (exact) mass is 373 g/mol. The lowest BCUT2D eigenvalue weighted by Crippen LogP contribution is -2.53. The van der Waals surface area contributed by atoms with Gasteiger partial charge in [0.05, 0.1) is 25.0 Å². The maximum atomic E-state index is 12.7. The first-order valence-corrected chi connectivity index (χ1v) is 10.4. The van der Waals surface area contributed by atoms with Gasteiger partial charge in [0.25, 0.3) is 0 Å². The van der Waals surface area contributed by atoms with Gasteiger partial charge in [-0.3, -0.25) is 14.7 Å². The molecule has 1 unspecified atom stereocenters. The summed E-state index contributed by atoms with van der Waals surface area (Å²) < 4.78 is 5.89. The zero-order chi connectivity index (χ0) is 18.6. The molecule has 1 aromatic rings. The SMILES string of the molecule is CN1CCCC1C(=O)N1CCN(c2cncc(OCC3CCCC3)n2)CC1. The molecule has 3 heterocycles. The van der Waals surface area contributed by atoms with Gasteiger partial charge in [-0.15, -0.1) is 0 Å². The van der Waals surface area contributed by atoms with Crippen molar-refractivity contribution < 1.29 is 9.53 Å². The number of ether oxygens (including phenoxy) is 1. The molecule has 3 aliphatic rings. The van der Waals surface area contributed by atoms with Gasteiger partial charge in [-0.2, -0.15) is 4.98 Å². The van der Waals surface area contributed by atoms with E-state index < -0.39 is 0 Å². The number of aromatic nitrogens is 2. The third-order valence-corrected chi connectivity index (χ3v) is 6.26. The average Bonchev–Trinajstić information content (AvgIpc) is 3.38. The molecule has 1 aromatic heterocycles. The maximum Gasteiger partial charge on any atom is 0.240 e. The second-order valence-corrected chi connectivity index (χ2v) is 8.13. The lowest BCUT2D eigenvalue weighted by Gasteiger charge is -2.37. The van der Waals surface area contributed by atoms with Gasteiger partial charge in [0.1, 0.15) is 0 Å². The van der Waals surface area contributed by atoms with E-state index in [-0.39, 0.29) is 11.9 Å². The summed E-state index contributed by atoms with van der Waals surface area (Å²) >= 11 is 0. The summed E-state index contributed by atoms with van der Waals surface area (Å²) in [4.78, 5) is 28.1. The van der Waals surface area contributed by atoms with Gasteiger partial charge in [0.2, 0.25) is 11.8 Å². The summed E-state index contributed by atoms with van der Waals surface area (Å²) in [5, 5.41) is 0. The van der Waals surface area contributed by atoms with E-state index in [4.69, 9.17) is 4.74 Å². The number of amides is 1. The smallest absolute Gasteiger partial charge is 0.240 e. The molecule has 2 saturated heterocycles. The summed E-state index contributed by atoms with van der Waals surface area (Å²) in [6.45, 7) is 4.86. The van der Waals surface area contributed by atoms with Crippen molar-refractivity contribution in [2.24, 2.45) is 5.92 Å². The summed E-state index contributed by atoms with van der Waals surface area (Å²) in [7, 11) is 2.05. The molecule has 7 heteroatoms. The highest BCUT2D eigenvalue weighted by Crippen LogP contribution is 2.26. The van der Waals surface area contributed by atoms with E-state index in [2.05, 4.69) is 26.8 Å². The van der Waals surface area contributed by atoms with Crippen LogP contribution >= 0.6 is 0 Å². The van der Waals surface area contributed by atoms with Gasteiger partial charge in [0.15, 0.2) is 5.82 Å². The Labute approximate surface area is 161 Å². The van der Waals surface area contributed by atoms with Crippen LogP contribution in [0.3, 0.4) is 0 Å². The lowest BCUT2D eigenvalue weighted by molar-refractivity contribution is -0.135. The highest BCUT2D eigenvalue weighted by atomic mass is 16.5. The van der Waals surface area contributed by atoms with E-state index in [1.165, 1.54) is 25.7 Å². The molecule has 3 fully saturated rings. The highest BCUT2D eigenvalue weighted by molar-refractivity contribution is 5.82. The molecule has 0 bridgehead atoms. The Morgan fingerprint density at radius 3 is 2.56 bits per heavy atom. The molecule has 7 nitrogen and oxygen atoms in total. The second-order valence-electron chi connectivity index (χ2n) is 8.13. The molecular weight excluding hydrogens is 342 g/mol. The molecule has 1 saturated carbocycles. The van der Waals surface area contributed by atoms with Crippen molar-refractivity contribution in [2.45, 2.75) is 44.6 Å². The quantitative estimate of drug-likeness (QED) is 0.784. The van der Waals surface area contributed by atoms with E-state index in [0.717, 1.165) is 58.0 Å². The van der Waals surface area contributed by atoms with Crippen molar-refractivity contribution in [2.75, 3.05) is 51.3 Å². The van der Waals surface area contributed by atoms with E-state index >= 15 is 0 Å². The second kappa shape index (κ2) is 8.42. The van der Waals surface area contributed by atoms with Gasteiger partial charge in [-0.1, -0.05) is 12.8 Å². The summed E-state index contributed by atoms with van der Waals surface area (Å²) in [6.07, 6.45) is 10.8. The zero-order valence-electron chi connectivity index (χ0n) is 16.3. The first-order valence-electron chi connectivity index (χ1n) is 10.4. The third-order valence-electron chi connectivity index (χ3n) is 6.26. The van der Waals surface area contributed by atoms with Gasteiger partial charge in [-0.25, -0.2) is 0 Å². The minimum atomic E-state index is 0.0728. The minimum absolute atomic E-state index is 0.0728. The van der Waals surface area contributed by atoms with E-state index in [1.807, 2.05) is 4.90 Å². The molecule has 2 aliphatic heterocycles. The van der Waals surface area contributed by atoms with Crippen LogP contribution in [0.25, 0.3) is 0 Å². The number of hydrogen-bond donors (Lipinski definition) is 0. The Balaban J connectivity index is 1.30. The van der Waals surface area contributed by atoms with Crippen molar-refractivity contribution >= 4 is 11.7 Å². The number of nitrogens with zero attached hydrogens (tertiary/aromatic N) is 5. The molecular formula is C20H31N5O2. The molecule has 1 amide bonds. The molecule has 4 rings (SSSR count). The fourth-order valence-electron chi connectivity index (χ4n) is 4.53. The van der Waals surface area contributed by atoms with Gasteiger partial charge >= 0.3 is 0 Å². The number of hydrogen-bond acceptors (Lipinski definition) is 6. The fraction of sp³-hybridized carbons (Fsp3) is 0.750. The number of carbonyl (C=O) groups excluding carboxylic acids is 1. The first-order chi connectivity index (χ1) is 13.2. The minimum Gasteiger partial charge on any atom is -0.476 e. The van der Waals surface area contributed by atoms with Crippen LogP contribution in [-0.4, -0.2) is 78.1 Å². The number of likely N-dealkylation sites (tertiary alicyclic amines) is 1. The Kier molecular flexibility index (Phi) is 5.76. The predicted molar refractivity (Wildman–Crippen MR) is 104 cm³/mol. The highest BCUT2D eigenvalue weighted by Gasteiger charge is 2.33. The Hall–Kier alpha value is -1.89. The predicted octanol–water partition coefficient (Wildman–Crippen LogP) is 1.79. The normalized spacial score (nSPS) is 24.6. The van der Waals surface area contributed by atoms with Crippen LogP contribution in [0.5, 0.6) is 5.88 Å². The number of anilines is 1. The van der Waals surface area contributed by atoms with Crippen molar-refractivity contribution in [3.63, 3.8) is 0 Å². The molecule has 148 valence electrons. The van der Waals surface area contributed by atoms with Crippen molar-refractivity contribution in [1.29, 1.82) is 0 Å². The fourth-order valence-corrected chi connectivity index (χ4v) is 4.53. The van der Waals surface area contributed by atoms with Gasteiger partial charge < -0.3 is 14.5 Å². The molecule has 27 heavy (non-hydrogen) atoms. The molecule has 1 atom stereocenters. The van der Waals surface area contributed by atoms with Crippen molar-refractivity contribution in [3.05, 3.63) is 12.4 Å². The molecule has 0 aromatic carbocycles. The van der Waals surface area contributed by atoms with Crippen LogP contribution in [0, 0.1) is 5.92 Å². The van der Waals surface area contributed by atoms with E-state index in [9.17, 15) is 4.79 Å². The molecule has 1 aliphatic carbocycles. The van der Waals surface area contributed by atoms with Crippen LogP contribution < -0.4 is 9.64 Å². The van der Waals surface area contributed by atoms with E-state index in [1.54, 1.807) is 12.4 Å². The summed E-state index contributed by atoms with van der Waals surface area (Å²) in [5.74, 6) is 2.42. The number of rotatable bonds is 5. The Bertz CT molecular complexity index is 641. The van der Waals surface area contributed by atoms with Crippen molar-refractivity contribution in [1.82, 2.24) is 19.8 Å². The number of piperazine rings is 1. The maximum absolute atomic E-state index is 12.7. The summed E-state index contributed by atoms with van der Waals surface area (Å²) in [6, 6.07) is 0.0728. The number of likely N-dealkylation sites (N-methyl/N-ethyl adjacent to an activating group) is 1. The van der Waals surface area contributed by atoms with Crippen molar-refractivity contribution in [3.8, 4) is 5.88 Å². The molecule has 0 radical (unpaired) electrons. The number of carbonyl (C=O) groups is 1. The molecule has 0 N–H and O–H groups in total. The third kappa shape index (κ3) is 4.34. The van der Waals surface area contributed by atoms with Gasteiger partial charge in [0, 0.05) is 26.2 Å². The zero-order valence-corrected chi connectivity index (χ0v) is 16.3. The van der Waals surface area contributed by atoms with Crippen LogP contribution in [0.15, 0.2) is 12.4 Å². The molecule has 0 spiro atoms. The summed E-state index contributed by atoms with van der Waals surface area (Å²) in [5.41, 5.74) is 0. The van der Waals surface area contributed by atoms with Gasteiger partial charge in [-0.05, 0) is 45.2 Å². The standard InChI is InChI=1S/C20H31N5O2/c1-23-8-4-7-17(23)20(26)25-11-9-24(10-12-25)18-13-21-14-19(22-18)27-15-16-5-2-3-6-16/h13-14,16-17H,2-12,15H2,1H3. The lowest BCUT2D eigenvalue weighted by atomic mass is 10.1. The van der Waals surface area contributed by atoms with Crippen LogP contribution in [0.2, 0.25) is 0 Å². The topological polar surface area (TPSA) is 61.8 Å². The van der Waals surface area contributed by atoms with E-state index in [0.29, 0.717) is 11.8 Å². The average molecular weight is 374 g/mol. The largest absolute Gasteiger partial charge is 0.476 e. The van der Waals surface area contributed by atoms with Crippen LogP contribution in [-0.2, 0) is 4.79 Å².